The van der Waals surface area contributed by atoms with E-state index in [1.807, 2.05) is 61.5 Å². The van der Waals surface area contributed by atoms with E-state index in [1.54, 1.807) is 5.01 Å². The molecule has 2 aromatic rings. The molecule has 0 aromatic heterocycles. The summed E-state index contributed by atoms with van der Waals surface area (Å²) in [5.74, 6) is 0.0808. The molecule has 0 fully saturated rings. The first-order chi connectivity index (χ1) is 10.7. The van der Waals surface area contributed by atoms with Crippen molar-refractivity contribution in [3.8, 4) is 0 Å². The minimum absolute atomic E-state index is 0.0766. The minimum atomic E-state index is -0.0766. The Morgan fingerprint density at radius 3 is 2.45 bits per heavy atom. The second-order valence-electron chi connectivity index (χ2n) is 5.17. The maximum absolute atomic E-state index is 12.3. The molecule has 0 bridgehead atoms. The Balaban J connectivity index is 1.96. The molecule has 0 unspecified atom stereocenters. The highest BCUT2D eigenvalue weighted by atomic mass is 79.9. The molecule has 112 valence electrons. The van der Waals surface area contributed by atoms with Gasteiger partial charge in [-0.3, -0.25) is 10.2 Å². The summed E-state index contributed by atoms with van der Waals surface area (Å²) in [5.41, 5.74) is 6.38. The predicted molar refractivity (Wildman–Crippen MR) is 91.6 cm³/mol. The maximum Gasteiger partial charge on any atom is 0.241 e. The van der Waals surface area contributed by atoms with E-state index >= 15 is 0 Å². The van der Waals surface area contributed by atoms with E-state index in [1.165, 1.54) is 0 Å². The van der Waals surface area contributed by atoms with E-state index in [0.717, 1.165) is 21.3 Å². The standard InChI is InChI=1S/C18H17BrN2O/c1-2-18(22)21-17(14-6-4-3-5-7-14)12-16(20-21)13-8-10-15(19)11-9-13/h3-12,17,20H,2H2,1H3/t17-/m0/s1. The molecule has 1 heterocycles. The topological polar surface area (TPSA) is 32.3 Å². The second-order valence-corrected chi connectivity index (χ2v) is 6.09. The van der Waals surface area contributed by atoms with E-state index < -0.39 is 0 Å². The molecule has 22 heavy (non-hydrogen) atoms. The number of carbonyl (C=O) groups excluding carboxylic acids is 1. The van der Waals surface area contributed by atoms with Gasteiger partial charge in [-0.1, -0.05) is 65.3 Å². The lowest BCUT2D eigenvalue weighted by Gasteiger charge is -2.25. The normalized spacial score (nSPS) is 17.1. The van der Waals surface area contributed by atoms with Gasteiger partial charge in [0.2, 0.25) is 5.91 Å². The van der Waals surface area contributed by atoms with Gasteiger partial charge in [0, 0.05) is 10.9 Å². The Morgan fingerprint density at radius 1 is 1.14 bits per heavy atom. The molecule has 1 amide bonds. The van der Waals surface area contributed by atoms with Crippen LogP contribution in [0.15, 0.2) is 65.1 Å². The highest BCUT2D eigenvalue weighted by molar-refractivity contribution is 9.10. The van der Waals surface area contributed by atoms with Crippen molar-refractivity contribution in [2.24, 2.45) is 0 Å². The fourth-order valence-corrected chi connectivity index (χ4v) is 2.81. The smallest absolute Gasteiger partial charge is 0.241 e. The van der Waals surface area contributed by atoms with E-state index in [9.17, 15) is 4.79 Å². The van der Waals surface area contributed by atoms with Crippen LogP contribution in [0.4, 0.5) is 0 Å². The zero-order valence-electron chi connectivity index (χ0n) is 12.3. The van der Waals surface area contributed by atoms with Gasteiger partial charge in [0.15, 0.2) is 0 Å². The summed E-state index contributed by atoms with van der Waals surface area (Å²) in [4.78, 5) is 12.3. The summed E-state index contributed by atoms with van der Waals surface area (Å²) in [6.45, 7) is 1.88. The van der Waals surface area contributed by atoms with Crippen LogP contribution in [0, 0.1) is 0 Å². The molecular weight excluding hydrogens is 340 g/mol. The summed E-state index contributed by atoms with van der Waals surface area (Å²) < 4.78 is 1.04. The summed E-state index contributed by atoms with van der Waals surface area (Å²) in [5, 5.41) is 1.71. The molecule has 3 rings (SSSR count). The van der Waals surface area contributed by atoms with Gasteiger partial charge in [0.25, 0.3) is 0 Å². The lowest BCUT2D eigenvalue weighted by Crippen LogP contribution is -2.39. The number of amides is 1. The molecule has 2 aromatic carbocycles. The summed E-state index contributed by atoms with van der Waals surface area (Å²) >= 11 is 3.44. The van der Waals surface area contributed by atoms with Crippen molar-refractivity contribution < 1.29 is 4.79 Å². The van der Waals surface area contributed by atoms with Gasteiger partial charge in [-0.15, -0.1) is 0 Å². The number of hydrogen-bond acceptors (Lipinski definition) is 2. The third-order valence-corrected chi connectivity index (χ3v) is 4.24. The van der Waals surface area contributed by atoms with Gasteiger partial charge >= 0.3 is 0 Å². The molecule has 0 saturated carbocycles. The Labute approximate surface area is 138 Å². The molecule has 4 heteroatoms. The summed E-state index contributed by atoms with van der Waals surface area (Å²) in [7, 11) is 0. The number of carbonyl (C=O) groups is 1. The Morgan fingerprint density at radius 2 is 1.82 bits per heavy atom. The van der Waals surface area contributed by atoms with Crippen molar-refractivity contribution in [3.05, 3.63) is 76.3 Å². The highest BCUT2D eigenvalue weighted by Crippen LogP contribution is 2.31. The summed E-state index contributed by atoms with van der Waals surface area (Å²) in [6.07, 6.45) is 2.57. The van der Waals surface area contributed by atoms with E-state index in [2.05, 4.69) is 27.4 Å². The number of nitrogens with zero attached hydrogens (tertiary/aromatic N) is 1. The zero-order valence-corrected chi connectivity index (χ0v) is 13.9. The minimum Gasteiger partial charge on any atom is -0.295 e. The van der Waals surface area contributed by atoms with Crippen LogP contribution in [0.25, 0.3) is 5.70 Å². The van der Waals surface area contributed by atoms with Crippen molar-refractivity contribution in [1.82, 2.24) is 10.4 Å². The Bertz CT molecular complexity index is 695. The van der Waals surface area contributed by atoms with Crippen LogP contribution in [0.3, 0.4) is 0 Å². The van der Waals surface area contributed by atoms with Crippen molar-refractivity contribution in [1.29, 1.82) is 0 Å². The van der Waals surface area contributed by atoms with Crippen molar-refractivity contribution >= 4 is 27.5 Å². The molecule has 1 aliphatic heterocycles. The maximum atomic E-state index is 12.3. The molecule has 1 aliphatic rings. The molecular formula is C18H17BrN2O. The van der Waals surface area contributed by atoms with Crippen LogP contribution < -0.4 is 5.43 Å². The molecule has 0 spiro atoms. The van der Waals surface area contributed by atoms with Crippen LogP contribution in [-0.4, -0.2) is 10.9 Å². The SMILES string of the molecule is CCC(=O)N1NC(c2ccc(Br)cc2)=C[C@H]1c1ccccc1. The quantitative estimate of drug-likeness (QED) is 0.889. The van der Waals surface area contributed by atoms with Crippen LogP contribution in [0.2, 0.25) is 0 Å². The number of halogens is 1. The Kier molecular flexibility index (Phi) is 4.29. The second kappa shape index (κ2) is 6.36. The fourth-order valence-electron chi connectivity index (χ4n) is 2.54. The van der Waals surface area contributed by atoms with Gasteiger partial charge in [-0.05, 0) is 29.3 Å². The van der Waals surface area contributed by atoms with Crippen LogP contribution in [0.1, 0.15) is 30.5 Å². The van der Waals surface area contributed by atoms with E-state index in [4.69, 9.17) is 0 Å². The third kappa shape index (κ3) is 2.92. The van der Waals surface area contributed by atoms with Crippen molar-refractivity contribution in [3.63, 3.8) is 0 Å². The van der Waals surface area contributed by atoms with Gasteiger partial charge < -0.3 is 0 Å². The number of hydrogen-bond donors (Lipinski definition) is 1. The van der Waals surface area contributed by atoms with E-state index in [0.29, 0.717) is 6.42 Å². The van der Waals surface area contributed by atoms with Crippen LogP contribution in [0.5, 0.6) is 0 Å². The average molecular weight is 357 g/mol. The monoisotopic (exact) mass is 356 g/mol. The largest absolute Gasteiger partial charge is 0.295 e. The average Bonchev–Trinajstić information content (AvgIpc) is 3.01. The third-order valence-electron chi connectivity index (χ3n) is 3.71. The lowest BCUT2D eigenvalue weighted by atomic mass is 10.0. The van der Waals surface area contributed by atoms with Gasteiger partial charge in [-0.25, -0.2) is 5.01 Å². The molecule has 1 N–H and O–H groups in total. The number of benzene rings is 2. The predicted octanol–water partition coefficient (Wildman–Crippen LogP) is 4.29. The molecule has 0 aliphatic carbocycles. The van der Waals surface area contributed by atoms with E-state index in [-0.39, 0.29) is 11.9 Å². The van der Waals surface area contributed by atoms with Crippen molar-refractivity contribution in [2.45, 2.75) is 19.4 Å². The summed E-state index contributed by atoms with van der Waals surface area (Å²) in [6, 6.07) is 18.1. The molecule has 3 nitrogen and oxygen atoms in total. The van der Waals surface area contributed by atoms with Crippen LogP contribution in [-0.2, 0) is 4.79 Å². The van der Waals surface area contributed by atoms with Gasteiger partial charge in [0.05, 0.1) is 11.7 Å². The lowest BCUT2D eigenvalue weighted by molar-refractivity contribution is -0.134. The van der Waals surface area contributed by atoms with Crippen LogP contribution >= 0.6 is 15.9 Å². The van der Waals surface area contributed by atoms with Crippen molar-refractivity contribution in [2.75, 3.05) is 0 Å². The zero-order chi connectivity index (χ0) is 15.5. The van der Waals surface area contributed by atoms with Gasteiger partial charge in [-0.2, -0.15) is 0 Å². The number of nitrogens with one attached hydrogen (secondary N) is 1. The molecule has 1 atom stereocenters. The number of hydrazine groups is 1. The Hall–Kier alpha value is -2.07. The van der Waals surface area contributed by atoms with Gasteiger partial charge in [0.1, 0.15) is 0 Å². The first kappa shape index (κ1) is 14.9. The fraction of sp³-hybridized carbons (Fsp3) is 0.167. The number of rotatable bonds is 3. The highest BCUT2D eigenvalue weighted by Gasteiger charge is 2.29. The first-order valence-corrected chi connectivity index (χ1v) is 8.09. The first-order valence-electron chi connectivity index (χ1n) is 7.30. The molecule has 0 radical (unpaired) electrons. The molecule has 0 saturated heterocycles.